The molecule has 1 saturated carbocycles. The molecule has 0 spiro atoms. The molecule has 1 N–H and O–H groups in total. The maximum absolute atomic E-state index is 13.1. The quantitative estimate of drug-likeness (QED) is 0.529. The molecule has 8 nitrogen and oxygen atoms in total. The van der Waals surface area contributed by atoms with Crippen LogP contribution in [0.1, 0.15) is 63.9 Å². The third-order valence-corrected chi connectivity index (χ3v) is 6.59. The van der Waals surface area contributed by atoms with Crippen LogP contribution in [-0.2, 0) is 14.8 Å². The number of carbonyl (C=O) groups is 1. The van der Waals surface area contributed by atoms with Gasteiger partial charge in [0.25, 0.3) is 5.69 Å². The average Bonchev–Trinajstić information content (AvgIpc) is 2.61. The lowest BCUT2D eigenvalue weighted by Gasteiger charge is -2.32. The van der Waals surface area contributed by atoms with E-state index in [1.54, 1.807) is 13.8 Å². The largest absolute Gasteiger partial charge is 0.352 e. The molecule has 0 unspecified atom stereocenters. The zero-order chi connectivity index (χ0) is 21.6. The van der Waals surface area contributed by atoms with Crippen molar-refractivity contribution in [2.75, 3.05) is 10.6 Å². The zero-order valence-corrected chi connectivity index (χ0v) is 18.2. The highest BCUT2D eigenvalue weighted by Gasteiger charge is 2.34. The van der Waals surface area contributed by atoms with Gasteiger partial charge in [0.1, 0.15) is 6.04 Å². The summed E-state index contributed by atoms with van der Waals surface area (Å²) in [5.74, 6) is -0.352. The Balaban J connectivity index is 2.35. The van der Waals surface area contributed by atoms with E-state index in [1.807, 2.05) is 0 Å². The third kappa shape index (κ3) is 6.16. The Bertz CT molecular complexity index is 833. The molecule has 1 fully saturated rings. The summed E-state index contributed by atoms with van der Waals surface area (Å²) in [6, 6.07) is 3.13. The summed E-state index contributed by atoms with van der Waals surface area (Å²) in [7, 11) is -3.84. The molecule has 0 radical (unpaired) electrons. The van der Waals surface area contributed by atoms with Gasteiger partial charge in [-0.1, -0.05) is 45.1 Å². The first-order valence-electron chi connectivity index (χ1n) is 10.2. The van der Waals surface area contributed by atoms with Crippen LogP contribution >= 0.6 is 0 Å². The molecule has 1 amide bonds. The molecule has 1 aromatic carbocycles. The van der Waals surface area contributed by atoms with Gasteiger partial charge < -0.3 is 5.32 Å². The Kier molecular flexibility index (Phi) is 8.01. The van der Waals surface area contributed by atoms with Crippen LogP contribution in [0.4, 0.5) is 11.4 Å². The summed E-state index contributed by atoms with van der Waals surface area (Å²) in [4.78, 5) is 23.7. The molecule has 0 aromatic heterocycles. The SMILES string of the molecule is CC[C@@H](C(=O)NC1CCCCCCC1)N(c1cc([N+](=O)[O-])ccc1C)S(C)(=O)=O. The molecule has 0 saturated heterocycles. The number of hydrogen-bond acceptors (Lipinski definition) is 5. The van der Waals surface area contributed by atoms with Gasteiger partial charge in [-0.2, -0.15) is 0 Å². The van der Waals surface area contributed by atoms with Crippen molar-refractivity contribution in [1.29, 1.82) is 0 Å². The van der Waals surface area contributed by atoms with Crippen molar-refractivity contribution in [3.05, 3.63) is 33.9 Å². The van der Waals surface area contributed by atoms with Crippen LogP contribution in [0.25, 0.3) is 0 Å². The van der Waals surface area contributed by atoms with Crippen LogP contribution in [0.2, 0.25) is 0 Å². The van der Waals surface area contributed by atoms with Crippen molar-refractivity contribution in [2.24, 2.45) is 0 Å². The number of rotatable bonds is 7. The van der Waals surface area contributed by atoms with Gasteiger partial charge in [-0.15, -0.1) is 0 Å². The Labute approximate surface area is 172 Å². The number of nitrogens with one attached hydrogen (secondary N) is 1. The predicted octanol–water partition coefficient (Wildman–Crippen LogP) is 3.68. The number of nitro groups is 1. The first-order chi connectivity index (χ1) is 13.6. The molecule has 1 aliphatic carbocycles. The number of sulfonamides is 1. The third-order valence-electron chi connectivity index (χ3n) is 5.42. The second kappa shape index (κ2) is 10.0. The van der Waals surface area contributed by atoms with Crippen molar-refractivity contribution in [2.45, 2.75) is 77.3 Å². The Hall–Kier alpha value is -2.16. The van der Waals surface area contributed by atoms with E-state index >= 15 is 0 Å². The van der Waals surface area contributed by atoms with Crippen molar-refractivity contribution in [1.82, 2.24) is 5.32 Å². The summed E-state index contributed by atoms with van der Waals surface area (Å²) in [6.45, 7) is 3.42. The Morgan fingerprint density at radius 3 is 2.34 bits per heavy atom. The smallest absolute Gasteiger partial charge is 0.271 e. The first kappa shape index (κ1) is 23.1. The van der Waals surface area contributed by atoms with Gasteiger partial charge in [0.2, 0.25) is 15.9 Å². The molecule has 2 rings (SSSR count). The topological polar surface area (TPSA) is 110 Å². The summed E-state index contributed by atoms with van der Waals surface area (Å²) in [6.07, 6.45) is 8.64. The highest BCUT2D eigenvalue weighted by molar-refractivity contribution is 7.92. The maximum atomic E-state index is 13.1. The van der Waals surface area contributed by atoms with Crippen molar-refractivity contribution < 1.29 is 18.1 Å². The van der Waals surface area contributed by atoms with Gasteiger partial charge in [-0.3, -0.25) is 19.2 Å². The molecule has 1 aliphatic rings. The number of anilines is 1. The summed E-state index contributed by atoms with van der Waals surface area (Å²) >= 11 is 0. The highest BCUT2D eigenvalue weighted by atomic mass is 32.2. The number of amides is 1. The molecular formula is C20H31N3O5S. The van der Waals surface area contributed by atoms with Crippen LogP contribution in [0.15, 0.2) is 18.2 Å². The van der Waals surface area contributed by atoms with Gasteiger partial charge in [0, 0.05) is 18.2 Å². The van der Waals surface area contributed by atoms with Crippen molar-refractivity contribution in [3.63, 3.8) is 0 Å². The van der Waals surface area contributed by atoms with Crippen molar-refractivity contribution >= 4 is 27.3 Å². The van der Waals surface area contributed by atoms with Gasteiger partial charge in [0.05, 0.1) is 16.9 Å². The van der Waals surface area contributed by atoms with E-state index in [4.69, 9.17) is 0 Å². The number of carbonyl (C=O) groups excluding carboxylic acids is 1. The Morgan fingerprint density at radius 1 is 1.24 bits per heavy atom. The van der Waals surface area contributed by atoms with E-state index in [0.29, 0.717) is 5.56 Å². The zero-order valence-electron chi connectivity index (χ0n) is 17.4. The fourth-order valence-corrected chi connectivity index (χ4v) is 5.14. The predicted molar refractivity (Wildman–Crippen MR) is 113 cm³/mol. The van der Waals surface area contributed by atoms with Crippen LogP contribution in [0, 0.1) is 17.0 Å². The normalized spacial score (nSPS) is 17.1. The van der Waals surface area contributed by atoms with E-state index in [9.17, 15) is 23.3 Å². The average molecular weight is 426 g/mol. The van der Waals surface area contributed by atoms with Crippen molar-refractivity contribution in [3.8, 4) is 0 Å². The molecule has 0 bridgehead atoms. The van der Waals surface area contributed by atoms with Crippen LogP contribution in [0.5, 0.6) is 0 Å². The van der Waals surface area contributed by atoms with Gasteiger partial charge in [-0.25, -0.2) is 8.42 Å². The first-order valence-corrected chi connectivity index (χ1v) is 12.0. The van der Waals surface area contributed by atoms with Gasteiger partial charge >= 0.3 is 0 Å². The molecule has 0 heterocycles. The second-order valence-electron chi connectivity index (χ2n) is 7.76. The Morgan fingerprint density at radius 2 is 1.83 bits per heavy atom. The van der Waals surface area contributed by atoms with E-state index in [1.165, 1.54) is 24.6 Å². The molecule has 0 aliphatic heterocycles. The minimum absolute atomic E-state index is 0.0319. The lowest BCUT2D eigenvalue weighted by atomic mass is 9.96. The number of nitrogens with zero attached hydrogens (tertiary/aromatic N) is 2. The molecule has 1 aromatic rings. The van der Waals surface area contributed by atoms with E-state index in [-0.39, 0.29) is 29.7 Å². The molecule has 29 heavy (non-hydrogen) atoms. The fraction of sp³-hybridized carbons (Fsp3) is 0.650. The van der Waals surface area contributed by atoms with Crippen LogP contribution in [0.3, 0.4) is 0 Å². The highest BCUT2D eigenvalue weighted by Crippen LogP contribution is 2.30. The monoisotopic (exact) mass is 425 g/mol. The minimum atomic E-state index is -3.84. The summed E-state index contributed by atoms with van der Waals surface area (Å²) < 4.78 is 26.3. The van der Waals surface area contributed by atoms with E-state index < -0.39 is 21.0 Å². The number of hydrogen-bond donors (Lipinski definition) is 1. The van der Waals surface area contributed by atoms with E-state index in [0.717, 1.165) is 49.1 Å². The summed E-state index contributed by atoms with van der Waals surface area (Å²) in [5, 5.41) is 14.2. The van der Waals surface area contributed by atoms with Crippen LogP contribution in [-0.4, -0.2) is 37.6 Å². The standard InChI is InChI=1S/C20H31N3O5S/c1-4-18(20(24)21-16-10-8-6-5-7-9-11-16)22(29(3,27)28)19-14-17(23(25)26)13-12-15(19)2/h12-14,16,18H,4-11H2,1-3H3,(H,21,24)/t18-/m0/s1. The maximum Gasteiger partial charge on any atom is 0.271 e. The number of nitro benzene ring substituents is 1. The van der Waals surface area contributed by atoms with E-state index in [2.05, 4.69) is 5.32 Å². The molecule has 1 atom stereocenters. The molecule has 9 heteroatoms. The second-order valence-corrected chi connectivity index (χ2v) is 9.62. The summed E-state index contributed by atoms with van der Waals surface area (Å²) in [5.41, 5.74) is 0.508. The van der Waals surface area contributed by atoms with Crippen LogP contribution < -0.4 is 9.62 Å². The number of benzene rings is 1. The van der Waals surface area contributed by atoms with Gasteiger partial charge in [0.15, 0.2) is 0 Å². The molecule has 162 valence electrons. The molecular weight excluding hydrogens is 394 g/mol. The fourth-order valence-electron chi connectivity index (χ4n) is 3.88. The minimum Gasteiger partial charge on any atom is -0.352 e. The lowest BCUT2D eigenvalue weighted by Crippen LogP contribution is -2.51. The number of non-ortho nitro benzene ring substituents is 1. The number of aryl methyl sites for hydroxylation is 1. The lowest BCUT2D eigenvalue weighted by molar-refractivity contribution is -0.384. The van der Waals surface area contributed by atoms with Gasteiger partial charge in [-0.05, 0) is 31.7 Å².